The first-order chi connectivity index (χ1) is 9.75. The fraction of sp³-hybridized carbons (Fsp3) is 0.733. The summed E-state index contributed by atoms with van der Waals surface area (Å²) in [5.74, 6) is 0.539. The van der Waals surface area contributed by atoms with Crippen LogP contribution in [0.3, 0.4) is 0 Å². The van der Waals surface area contributed by atoms with Gasteiger partial charge in [0.1, 0.15) is 4.21 Å². The summed E-state index contributed by atoms with van der Waals surface area (Å²) in [5.41, 5.74) is 0.0154. The molecule has 1 N–H and O–H groups in total. The predicted molar refractivity (Wildman–Crippen MR) is 88.1 cm³/mol. The van der Waals surface area contributed by atoms with Gasteiger partial charge in [-0.3, -0.25) is 0 Å². The number of hydrogen-bond donors (Lipinski definition) is 1. The van der Waals surface area contributed by atoms with Gasteiger partial charge in [0.05, 0.1) is 0 Å². The summed E-state index contributed by atoms with van der Waals surface area (Å²) in [7, 11) is -1.46. The normalized spacial score (nSPS) is 18.1. The third-order valence-electron chi connectivity index (χ3n) is 4.03. The lowest BCUT2D eigenvalue weighted by Crippen LogP contribution is -2.49. The van der Waals surface area contributed by atoms with E-state index in [4.69, 9.17) is 0 Å². The number of thiophene rings is 1. The van der Waals surface area contributed by atoms with E-state index in [1.54, 1.807) is 16.4 Å². The van der Waals surface area contributed by atoms with Crippen molar-refractivity contribution in [1.29, 1.82) is 0 Å². The van der Waals surface area contributed by atoms with Crippen molar-refractivity contribution in [3.8, 4) is 0 Å². The van der Waals surface area contributed by atoms with Crippen molar-refractivity contribution >= 4 is 21.4 Å². The van der Waals surface area contributed by atoms with Gasteiger partial charge in [-0.1, -0.05) is 26.8 Å². The number of nitrogens with one attached hydrogen (secondary N) is 1. The van der Waals surface area contributed by atoms with Crippen LogP contribution in [0.4, 0.5) is 0 Å². The lowest BCUT2D eigenvalue weighted by Gasteiger charge is -2.34. The monoisotopic (exact) mass is 330 g/mol. The molecular weight excluding hydrogens is 304 g/mol. The molecule has 6 heteroatoms. The molecule has 0 bridgehead atoms. The first kappa shape index (κ1) is 16.9. The molecule has 0 aromatic carbocycles. The van der Waals surface area contributed by atoms with Crippen LogP contribution in [0.5, 0.6) is 0 Å². The average molecular weight is 331 g/mol. The van der Waals surface area contributed by atoms with E-state index in [2.05, 4.69) is 26.1 Å². The Kier molecular flexibility index (Phi) is 5.13. The molecule has 4 nitrogen and oxygen atoms in total. The number of likely N-dealkylation sites (N-methyl/N-ethyl adjacent to an activating group) is 1. The predicted octanol–water partition coefficient (Wildman–Crippen LogP) is 2.78. The molecule has 120 valence electrons. The van der Waals surface area contributed by atoms with Gasteiger partial charge in [0, 0.05) is 19.1 Å². The Balaban J connectivity index is 2.22. The highest BCUT2D eigenvalue weighted by Gasteiger charge is 2.35. The number of nitrogens with zero attached hydrogens (tertiary/aromatic N) is 1. The fourth-order valence-electron chi connectivity index (χ4n) is 2.40. The van der Waals surface area contributed by atoms with Gasteiger partial charge in [0.25, 0.3) is 10.0 Å². The Hall–Kier alpha value is -0.430. The highest BCUT2D eigenvalue weighted by Crippen LogP contribution is 2.33. The van der Waals surface area contributed by atoms with Crippen LogP contribution in [0.1, 0.15) is 33.6 Å². The van der Waals surface area contributed by atoms with Crippen LogP contribution in [0, 0.1) is 11.3 Å². The average Bonchev–Trinajstić information content (AvgIpc) is 3.02. The van der Waals surface area contributed by atoms with Crippen molar-refractivity contribution in [2.45, 2.75) is 43.9 Å². The SMILES string of the molecule is CN[C@H](CN(CC1CC1)S(=O)(=O)c1cccs1)C(C)(C)C. The summed E-state index contributed by atoms with van der Waals surface area (Å²) >= 11 is 1.30. The van der Waals surface area contributed by atoms with Crippen LogP contribution in [0.2, 0.25) is 0 Å². The quantitative estimate of drug-likeness (QED) is 0.836. The minimum absolute atomic E-state index is 0.0154. The van der Waals surface area contributed by atoms with Crippen molar-refractivity contribution in [2.24, 2.45) is 11.3 Å². The standard InChI is InChI=1S/C15H26N2O2S2/c1-15(2,3)13(16-4)11-17(10-12-7-8-12)21(18,19)14-6-5-9-20-14/h5-6,9,12-13,16H,7-8,10-11H2,1-4H3/t13-/m1/s1. The summed E-state index contributed by atoms with van der Waals surface area (Å²) in [6, 6.07) is 3.63. The van der Waals surface area contributed by atoms with Gasteiger partial charge in [-0.15, -0.1) is 11.3 Å². The zero-order valence-electron chi connectivity index (χ0n) is 13.3. The maximum Gasteiger partial charge on any atom is 0.252 e. The zero-order chi connectivity index (χ0) is 15.7. The topological polar surface area (TPSA) is 49.4 Å². The summed E-state index contributed by atoms with van der Waals surface area (Å²) in [5, 5.41) is 5.10. The molecule has 0 spiro atoms. The summed E-state index contributed by atoms with van der Waals surface area (Å²) in [6.07, 6.45) is 2.30. The molecule has 0 unspecified atom stereocenters. The summed E-state index contributed by atoms with van der Waals surface area (Å²) < 4.78 is 27.8. The molecular formula is C15H26N2O2S2. The Labute approximate surface area is 132 Å². The first-order valence-corrected chi connectivity index (χ1v) is 9.78. The van der Waals surface area contributed by atoms with E-state index in [-0.39, 0.29) is 11.5 Å². The summed E-state index contributed by atoms with van der Waals surface area (Å²) in [6.45, 7) is 7.59. The summed E-state index contributed by atoms with van der Waals surface area (Å²) in [4.78, 5) is 0. The van der Waals surface area contributed by atoms with E-state index in [0.717, 1.165) is 12.8 Å². The third kappa shape index (κ3) is 4.28. The highest BCUT2D eigenvalue weighted by molar-refractivity contribution is 7.91. The molecule has 1 aromatic rings. The van der Waals surface area contributed by atoms with Crippen molar-refractivity contribution in [1.82, 2.24) is 9.62 Å². The second-order valence-electron chi connectivity index (χ2n) is 6.90. The molecule has 0 saturated heterocycles. The van der Waals surface area contributed by atoms with Crippen molar-refractivity contribution in [2.75, 3.05) is 20.1 Å². The fourth-order valence-corrected chi connectivity index (χ4v) is 5.07. The maximum absolute atomic E-state index is 12.8. The largest absolute Gasteiger partial charge is 0.315 e. The van der Waals surface area contributed by atoms with Crippen LogP contribution >= 0.6 is 11.3 Å². The molecule has 0 radical (unpaired) electrons. The number of sulfonamides is 1. The minimum Gasteiger partial charge on any atom is -0.315 e. The number of rotatable bonds is 7. The van der Waals surface area contributed by atoms with E-state index in [0.29, 0.717) is 23.2 Å². The zero-order valence-corrected chi connectivity index (χ0v) is 14.9. The molecule has 0 amide bonds. The van der Waals surface area contributed by atoms with Gasteiger partial charge in [0.15, 0.2) is 0 Å². The van der Waals surface area contributed by atoms with Gasteiger partial charge in [0.2, 0.25) is 0 Å². The molecule has 21 heavy (non-hydrogen) atoms. The second-order valence-corrected chi connectivity index (χ2v) is 10.0. The Morgan fingerprint density at radius 1 is 1.43 bits per heavy atom. The Morgan fingerprint density at radius 2 is 2.10 bits per heavy atom. The van der Waals surface area contributed by atoms with E-state index in [1.807, 2.05) is 12.4 Å². The van der Waals surface area contributed by atoms with Crippen LogP contribution in [-0.2, 0) is 10.0 Å². The molecule has 1 saturated carbocycles. The molecule has 1 aliphatic carbocycles. The second kappa shape index (κ2) is 6.36. The molecule has 1 atom stereocenters. The molecule has 1 fully saturated rings. The third-order valence-corrected chi connectivity index (χ3v) is 7.23. The van der Waals surface area contributed by atoms with Crippen LogP contribution in [0.25, 0.3) is 0 Å². The van der Waals surface area contributed by atoms with Gasteiger partial charge < -0.3 is 5.32 Å². The van der Waals surface area contributed by atoms with Gasteiger partial charge in [-0.2, -0.15) is 4.31 Å². The van der Waals surface area contributed by atoms with Gasteiger partial charge in [-0.25, -0.2) is 8.42 Å². The van der Waals surface area contributed by atoms with E-state index in [9.17, 15) is 8.42 Å². The van der Waals surface area contributed by atoms with Crippen LogP contribution in [0.15, 0.2) is 21.7 Å². The van der Waals surface area contributed by atoms with Crippen LogP contribution < -0.4 is 5.32 Å². The van der Waals surface area contributed by atoms with Gasteiger partial charge >= 0.3 is 0 Å². The smallest absolute Gasteiger partial charge is 0.252 e. The molecule has 2 rings (SSSR count). The lowest BCUT2D eigenvalue weighted by atomic mass is 9.87. The van der Waals surface area contributed by atoms with Crippen molar-refractivity contribution < 1.29 is 8.42 Å². The highest BCUT2D eigenvalue weighted by atomic mass is 32.2. The first-order valence-electron chi connectivity index (χ1n) is 7.46. The van der Waals surface area contributed by atoms with E-state index in [1.165, 1.54) is 11.3 Å². The molecule has 1 heterocycles. The van der Waals surface area contributed by atoms with E-state index >= 15 is 0 Å². The Bertz CT molecular complexity index is 543. The van der Waals surface area contributed by atoms with E-state index < -0.39 is 10.0 Å². The van der Waals surface area contributed by atoms with Gasteiger partial charge in [-0.05, 0) is 42.7 Å². The molecule has 0 aliphatic heterocycles. The molecule has 1 aliphatic rings. The number of hydrogen-bond acceptors (Lipinski definition) is 4. The van der Waals surface area contributed by atoms with Crippen LogP contribution in [-0.4, -0.2) is 38.9 Å². The van der Waals surface area contributed by atoms with Crippen molar-refractivity contribution in [3.05, 3.63) is 17.5 Å². The minimum atomic E-state index is -3.37. The molecule has 1 aromatic heterocycles. The maximum atomic E-state index is 12.8. The lowest BCUT2D eigenvalue weighted by molar-refractivity contribution is 0.231. The van der Waals surface area contributed by atoms with Crippen molar-refractivity contribution in [3.63, 3.8) is 0 Å². The Morgan fingerprint density at radius 3 is 2.52 bits per heavy atom.